The molecule has 1 amide bonds. The fraction of sp³-hybridized carbons (Fsp3) is 0.133. The van der Waals surface area contributed by atoms with Crippen molar-refractivity contribution in [3.63, 3.8) is 0 Å². The molecule has 37 heavy (non-hydrogen) atoms. The maximum Gasteiger partial charge on any atom is 0.264 e. The van der Waals surface area contributed by atoms with Crippen molar-refractivity contribution >= 4 is 61.3 Å². The van der Waals surface area contributed by atoms with Gasteiger partial charge in [0.05, 0.1) is 21.7 Å². The Balaban J connectivity index is 1.36. The van der Waals surface area contributed by atoms with E-state index < -0.39 is 0 Å². The van der Waals surface area contributed by atoms with Gasteiger partial charge in [-0.05, 0) is 99.8 Å². The fourth-order valence-electron chi connectivity index (χ4n) is 3.93. The van der Waals surface area contributed by atoms with Crippen LogP contribution in [-0.4, -0.2) is 17.7 Å². The highest BCUT2D eigenvalue weighted by atomic mass is 79.9. The number of carbonyl (C=O) groups is 1. The fourth-order valence-corrected chi connectivity index (χ4v) is 5.34. The monoisotopic (exact) mass is 572 g/mol. The first-order valence-corrected chi connectivity index (χ1v) is 13.5. The van der Waals surface area contributed by atoms with Gasteiger partial charge in [-0.15, -0.1) is 0 Å². The van der Waals surface area contributed by atoms with E-state index in [-0.39, 0.29) is 5.91 Å². The number of hydrogen-bond acceptors (Lipinski definition) is 5. The topological polar surface area (TPSA) is 59.9 Å². The lowest BCUT2D eigenvalue weighted by molar-refractivity contribution is -0.115. The number of amidine groups is 1. The molecular weight excluding hydrogens is 548 g/mol. The van der Waals surface area contributed by atoms with Crippen molar-refractivity contribution in [1.29, 1.82) is 0 Å². The van der Waals surface area contributed by atoms with Crippen LogP contribution in [0, 0.1) is 6.92 Å². The SMILES string of the molecule is CCOc1cc(/C=C2/SC(=Nc3ccc(C)cc3)NC2=O)cc(Br)c1OCc1ccc2ccccc2c1. The number of benzene rings is 4. The Hall–Kier alpha value is -3.55. The molecule has 5 rings (SSSR count). The number of carbonyl (C=O) groups excluding carboxylic acids is 1. The van der Waals surface area contributed by atoms with Gasteiger partial charge in [0.1, 0.15) is 6.61 Å². The van der Waals surface area contributed by atoms with Crippen molar-refractivity contribution in [2.45, 2.75) is 20.5 Å². The Labute approximate surface area is 228 Å². The molecule has 186 valence electrons. The van der Waals surface area contributed by atoms with Gasteiger partial charge in [-0.1, -0.05) is 54.1 Å². The van der Waals surface area contributed by atoms with E-state index in [4.69, 9.17) is 9.47 Å². The first-order chi connectivity index (χ1) is 18.0. The van der Waals surface area contributed by atoms with Crippen molar-refractivity contribution in [3.05, 3.63) is 105 Å². The van der Waals surface area contributed by atoms with Crippen LogP contribution in [0.4, 0.5) is 5.69 Å². The Bertz CT molecular complexity index is 1530. The van der Waals surface area contributed by atoms with Crippen molar-refractivity contribution < 1.29 is 14.3 Å². The summed E-state index contributed by atoms with van der Waals surface area (Å²) < 4.78 is 12.9. The molecule has 0 aromatic heterocycles. The molecule has 1 aliphatic rings. The Morgan fingerprint density at radius 3 is 2.54 bits per heavy atom. The third kappa shape index (κ3) is 6.06. The molecule has 1 heterocycles. The molecule has 0 atom stereocenters. The zero-order valence-corrected chi connectivity index (χ0v) is 22.9. The number of ether oxygens (including phenoxy) is 2. The van der Waals surface area contributed by atoms with Gasteiger partial charge in [-0.3, -0.25) is 4.79 Å². The van der Waals surface area contributed by atoms with Crippen LogP contribution in [0.25, 0.3) is 16.8 Å². The van der Waals surface area contributed by atoms with Crippen LogP contribution in [0.15, 0.2) is 93.2 Å². The average molecular weight is 574 g/mol. The number of halogens is 1. The van der Waals surface area contributed by atoms with E-state index in [1.807, 2.05) is 68.5 Å². The summed E-state index contributed by atoms with van der Waals surface area (Å²) in [6.07, 6.45) is 1.83. The number of aryl methyl sites for hydroxylation is 1. The third-order valence-electron chi connectivity index (χ3n) is 5.74. The number of amides is 1. The summed E-state index contributed by atoms with van der Waals surface area (Å²) in [5, 5.41) is 5.77. The minimum absolute atomic E-state index is 0.179. The van der Waals surface area contributed by atoms with E-state index in [2.05, 4.69) is 56.6 Å². The highest BCUT2D eigenvalue weighted by molar-refractivity contribution is 9.10. The molecule has 1 N–H and O–H groups in total. The average Bonchev–Trinajstić information content (AvgIpc) is 3.23. The van der Waals surface area contributed by atoms with Crippen LogP contribution in [0.2, 0.25) is 0 Å². The van der Waals surface area contributed by atoms with Gasteiger partial charge in [0.15, 0.2) is 16.7 Å². The molecule has 4 aromatic rings. The summed E-state index contributed by atoms with van der Waals surface area (Å²) in [5.74, 6) is 1.06. The molecule has 4 aromatic carbocycles. The van der Waals surface area contributed by atoms with Gasteiger partial charge in [0.2, 0.25) is 0 Å². The van der Waals surface area contributed by atoms with Crippen LogP contribution in [0.5, 0.6) is 11.5 Å². The second kappa shape index (κ2) is 11.2. The predicted octanol–water partition coefficient (Wildman–Crippen LogP) is 7.78. The van der Waals surface area contributed by atoms with Crippen LogP contribution >= 0.6 is 27.7 Å². The number of aliphatic imine (C=N–C) groups is 1. The Morgan fingerprint density at radius 1 is 0.973 bits per heavy atom. The lowest BCUT2D eigenvalue weighted by Crippen LogP contribution is -2.19. The largest absolute Gasteiger partial charge is 0.490 e. The van der Waals surface area contributed by atoms with Gasteiger partial charge in [0.25, 0.3) is 5.91 Å². The zero-order chi connectivity index (χ0) is 25.8. The molecule has 1 fully saturated rings. The quantitative estimate of drug-likeness (QED) is 0.230. The second-order valence-electron chi connectivity index (χ2n) is 8.55. The Kier molecular flexibility index (Phi) is 7.63. The summed E-state index contributed by atoms with van der Waals surface area (Å²) in [6.45, 7) is 4.85. The standard InChI is InChI=1S/C30H25BrN2O3S/c1-3-35-26-16-21(17-27-29(34)33-30(37-27)32-24-12-8-19(2)9-13-24)15-25(31)28(26)36-18-20-10-11-22-6-4-5-7-23(22)14-20/h4-17H,3,18H2,1-2H3,(H,32,33,34)/b27-17+. The molecule has 0 bridgehead atoms. The molecule has 0 saturated carbocycles. The molecule has 1 saturated heterocycles. The summed E-state index contributed by atoms with van der Waals surface area (Å²) in [7, 11) is 0. The van der Waals surface area contributed by atoms with Gasteiger partial charge in [0, 0.05) is 0 Å². The minimum atomic E-state index is -0.179. The van der Waals surface area contributed by atoms with Crippen molar-refractivity contribution in [1.82, 2.24) is 5.32 Å². The molecule has 0 spiro atoms. The van der Waals surface area contributed by atoms with E-state index in [0.717, 1.165) is 26.9 Å². The number of fused-ring (bicyclic) bond motifs is 1. The lowest BCUT2D eigenvalue weighted by atomic mass is 10.1. The zero-order valence-electron chi connectivity index (χ0n) is 20.5. The maximum absolute atomic E-state index is 12.6. The number of hydrogen-bond donors (Lipinski definition) is 1. The summed E-state index contributed by atoms with van der Waals surface area (Å²) >= 11 is 4.96. The third-order valence-corrected chi connectivity index (χ3v) is 7.24. The number of nitrogens with zero attached hydrogens (tertiary/aromatic N) is 1. The van der Waals surface area contributed by atoms with Crippen LogP contribution in [0.1, 0.15) is 23.6 Å². The summed E-state index contributed by atoms with van der Waals surface area (Å²) in [6, 6.07) is 26.2. The van der Waals surface area contributed by atoms with Gasteiger partial charge in [-0.25, -0.2) is 4.99 Å². The Morgan fingerprint density at radius 2 is 1.76 bits per heavy atom. The number of nitrogens with one attached hydrogen (secondary N) is 1. The van der Waals surface area contributed by atoms with Crippen LogP contribution in [-0.2, 0) is 11.4 Å². The van der Waals surface area contributed by atoms with Gasteiger partial charge in [-0.2, -0.15) is 0 Å². The van der Waals surface area contributed by atoms with E-state index in [1.165, 1.54) is 22.5 Å². The van der Waals surface area contributed by atoms with E-state index in [9.17, 15) is 4.79 Å². The normalized spacial score (nSPS) is 15.4. The molecular formula is C30H25BrN2O3S. The molecule has 1 aliphatic heterocycles. The number of rotatable bonds is 7. The lowest BCUT2D eigenvalue weighted by Gasteiger charge is -2.15. The van der Waals surface area contributed by atoms with Crippen molar-refractivity contribution in [2.24, 2.45) is 4.99 Å². The van der Waals surface area contributed by atoms with Gasteiger partial charge < -0.3 is 14.8 Å². The van der Waals surface area contributed by atoms with Crippen molar-refractivity contribution in [2.75, 3.05) is 6.61 Å². The van der Waals surface area contributed by atoms with E-state index >= 15 is 0 Å². The maximum atomic E-state index is 12.6. The first-order valence-electron chi connectivity index (χ1n) is 11.9. The number of thioether (sulfide) groups is 1. The smallest absolute Gasteiger partial charge is 0.264 e. The molecule has 7 heteroatoms. The molecule has 0 aliphatic carbocycles. The summed E-state index contributed by atoms with van der Waals surface area (Å²) in [4.78, 5) is 17.7. The molecule has 0 radical (unpaired) electrons. The first kappa shape index (κ1) is 25.1. The van der Waals surface area contributed by atoms with Crippen molar-refractivity contribution in [3.8, 4) is 11.5 Å². The molecule has 0 unspecified atom stereocenters. The van der Waals surface area contributed by atoms with Crippen LogP contribution in [0.3, 0.4) is 0 Å². The molecule has 5 nitrogen and oxygen atoms in total. The van der Waals surface area contributed by atoms with Crippen LogP contribution < -0.4 is 14.8 Å². The summed E-state index contributed by atoms with van der Waals surface area (Å²) in [5.41, 5.74) is 3.85. The minimum Gasteiger partial charge on any atom is -0.490 e. The van der Waals surface area contributed by atoms with Gasteiger partial charge >= 0.3 is 0 Å². The second-order valence-corrected chi connectivity index (χ2v) is 10.4. The van der Waals surface area contributed by atoms with E-state index in [1.54, 1.807) is 0 Å². The highest BCUT2D eigenvalue weighted by Crippen LogP contribution is 2.39. The van der Waals surface area contributed by atoms with E-state index in [0.29, 0.717) is 34.8 Å². The highest BCUT2D eigenvalue weighted by Gasteiger charge is 2.24. The predicted molar refractivity (Wildman–Crippen MR) is 156 cm³/mol.